The summed E-state index contributed by atoms with van der Waals surface area (Å²) in [5, 5.41) is 0. The second-order valence-electron chi connectivity index (χ2n) is 6.91. The molecule has 2 fully saturated rings. The fourth-order valence-corrected chi connectivity index (χ4v) is 3.74. The number of halogens is 2. The maximum atomic E-state index is 13.9. The molecule has 0 bridgehead atoms. The molecular weight excluding hydrogens is 230 g/mol. The summed E-state index contributed by atoms with van der Waals surface area (Å²) in [6.07, 6.45) is 6.66. The lowest BCUT2D eigenvalue weighted by Gasteiger charge is -2.34. The predicted molar refractivity (Wildman–Crippen MR) is 72.0 cm³/mol. The Balaban J connectivity index is 1.73. The lowest BCUT2D eigenvalue weighted by molar-refractivity contribution is 0.0230. The van der Waals surface area contributed by atoms with Crippen molar-refractivity contribution in [3.63, 3.8) is 0 Å². The second kappa shape index (κ2) is 6.34. The molecule has 0 aromatic carbocycles. The molecule has 4 atom stereocenters. The quantitative estimate of drug-likeness (QED) is 0.643. The summed E-state index contributed by atoms with van der Waals surface area (Å²) in [7, 11) is 0. The van der Waals surface area contributed by atoms with E-state index in [4.69, 9.17) is 0 Å². The molecule has 0 amide bonds. The van der Waals surface area contributed by atoms with Crippen molar-refractivity contribution in [3.8, 4) is 0 Å². The molecule has 0 spiro atoms. The first-order valence-electron chi connectivity index (χ1n) is 7.86. The molecule has 2 saturated carbocycles. The summed E-state index contributed by atoms with van der Waals surface area (Å²) in [5.41, 5.74) is 0. The average Bonchev–Trinajstić information content (AvgIpc) is 2.37. The Bertz CT molecular complexity index is 245. The molecule has 2 aliphatic rings. The predicted octanol–water partition coefficient (Wildman–Crippen LogP) is 5.32. The minimum Gasteiger partial charge on any atom is -0.244 e. The second-order valence-corrected chi connectivity index (χ2v) is 6.91. The van der Waals surface area contributed by atoms with Gasteiger partial charge in [0, 0.05) is 0 Å². The molecule has 2 aliphatic carbocycles. The van der Waals surface area contributed by atoms with Crippen LogP contribution in [0.15, 0.2) is 0 Å². The van der Waals surface area contributed by atoms with E-state index in [1.54, 1.807) is 0 Å². The Kier molecular flexibility index (Phi) is 5.03. The van der Waals surface area contributed by atoms with Crippen molar-refractivity contribution in [1.82, 2.24) is 0 Å². The molecule has 0 saturated heterocycles. The van der Waals surface area contributed by atoms with Crippen molar-refractivity contribution in [2.75, 3.05) is 0 Å². The highest BCUT2D eigenvalue weighted by molar-refractivity contribution is 4.86. The van der Waals surface area contributed by atoms with E-state index < -0.39 is 12.3 Å². The van der Waals surface area contributed by atoms with Gasteiger partial charge < -0.3 is 0 Å². The molecule has 0 radical (unpaired) electrons. The van der Waals surface area contributed by atoms with Crippen LogP contribution in [0.1, 0.15) is 65.2 Å². The fourth-order valence-electron chi connectivity index (χ4n) is 3.74. The maximum Gasteiger partial charge on any atom is 0.134 e. The van der Waals surface area contributed by atoms with Gasteiger partial charge in [-0.25, -0.2) is 8.78 Å². The van der Waals surface area contributed by atoms with Crippen LogP contribution in [0, 0.1) is 23.7 Å². The van der Waals surface area contributed by atoms with Gasteiger partial charge in [-0.15, -0.1) is 0 Å². The highest BCUT2D eigenvalue weighted by Gasteiger charge is 2.37. The molecule has 0 nitrogen and oxygen atoms in total. The zero-order chi connectivity index (χ0) is 13.1. The number of alkyl halides is 2. The van der Waals surface area contributed by atoms with Gasteiger partial charge >= 0.3 is 0 Å². The Morgan fingerprint density at radius 1 is 0.778 bits per heavy atom. The zero-order valence-electron chi connectivity index (χ0n) is 11.9. The minimum atomic E-state index is -1.21. The Labute approximate surface area is 111 Å². The van der Waals surface area contributed by atoms with Crippen molar-refractivity contribution in [1.29, 1.82) is 0 Å². The van der Waals surface area contributed by atoms with E-state index in [2.05, 4.69) is 6.92 Å². The van der Waals surface area contributed by atoms with Crippen LogP contribution >= 0.6 is 0 Å². The zero-order valence-corrected chi connectivity index (χ0v) is 11.9. The van der Waals surface area contributed by atoms with Gasteiger partial charge in [-0.1, -0.05) is 46.0 Å². The van der Waals surface area contributed by atoms with Crippen LogP contribution in [0.4, 0.5) is 8.78 Å². The fraction of sp³-hybridized carbons (Fsp3) is 1.00. The van der Waals surface area contributed by atoms with E-state index in [1.807, 2.05) is 6.92 Å². The third-order valence-corrected chi connectivity index (χ3v) is 5.37. The van der Waals surface area contributed by atoms with Crippen molar-refractivity contribution in [3.05, 3.63) is 0 Å². The van der Waals surface area contributed by atoms with Crippen molar-refractivity contribution >= 4 is 0 Å². The van der Waals surface area contributed by atoms with Gasteiger partial charge in [0.15, 0.2) is 0 Å². The first-order valence-corrected chi connectivity index (χ1v) is 7.86. The van der Waals surface area contributed by atoms with E-state index in [-0.39, 0.29) is 11.8 Å². The Morgan fingerprint density at radius 2 is 1.44 bits per heavy atom. The Hall–Kier alpha value is -0.140. The van der Waals surface area contributed by atoms with Gasteiger partial charge in [-0.2, -0.15) is 0 Å². The number of hydrogen-bond acceptors (Lipinski definition) is 0. The highest BCUT2D eigenvalue weighted by Crippen LogP contribution is 2.38. The summed E-state index contributed by atoms with van der Waals surface area (Å²) >= 11 is 0. The molecule has 0 heterocycles. The highest BCUT2D eigenvalue weighted by atomic mass is 19.2. The molecular formula is C16H28F2. The first kappa shape index (κ1) is 14.3. The Morgan fingerprint density at radius 3 is 2.11 bits per heavy atom. The monoisotopic (exact) mass is 258 g/mol. The summed E-state index contributed by atoms with van der Waals surface area (Å²) in [5.74, 6) is 1.58. The van der Waals surface area contributed by atoms with Crippen molar-refractivity contribution < 1.29 is 8.78 Å². The molecule has 0 aromatic rings. The van der Waals surface area contributed by atoms with E-state index in [1.165, 1.54) is 25.7 Å². The van der Waals surface area contributed by atoms with Crippen molar-refractivity contribution in [2.24, 2.45) is 23.7 Å². The topological polar surface area (TPSA) is 0 Å². The third-order valence-electron chi connectivity index (χ3n) is 5.37. The van der Waals surface area contributed by atoms with Crippen LogP contribution in [0.5, 0.6) is 0 Å². The van der Waals surface area contributed by atoms with E-state index in [0.717, 1.165) is 37.5 Å². The van der Waals surface area contributed by atoms with Crippen LogP contribution in [-0.4, -0.2) is 12.3 Å². The summed E-state index contributed by atoms with van der Waals surface area (Å²) in [6.45, 7) is 4.17. The van der Waals surface area contributed by atoms with Gasteiger partial charge in [-0.05, 0) is 42.9 Å². The SMILES string of the molecule is CC1CCC(CCC2CCC(C)C(F)C2F)CC1. The molecule has 18 heavy (non-hydrogen) atoms. The van der Waals surface area contributed by atoms with E-state index in [0.29, 0.717) is 0 Å². The van der Waals surface area contributed by atoms with Crippen LogP contribution in [0.2, 0.25) is 0 Å². The third kappa shape index (κ3) is 3.45. The lowest BCUT2D eigenvalue weighted by atomic mass is 9.75. The summed E-state index contributed by atoms with van der Waals surface area (Å²) < 4.78 is 27.6. The number of hydrogen-bond donors (Lipinski definition) is 0. The largest absolute Gasteiger partial charge is 0.244 e. The van der Waals surface area contributed by atoms with Crippen LogP contribution in [0.3, 0.4) is 0 Å². The van der Waals surface area contributed by atoms with Gasteiger partial charge in [0.2, 0.25) is 0 Å². The van der Waals surface area contributed by atoms with Gasteiger partial charge in [0.25, 0.3) is 0 Å². The molecule has 4 unspecified atom stereocenters. The summed E-state index contributed by atoms with van der Waals surface area (Å²) in [6, 6.07) is 0. The molecule has 2 heteroatoms. The van der Waals surface area contributed by atoms with Crippen LogP contribution < -0.4 is 0 Å². The van der Waals surface area contributed by atoms with Crippen LogP contribution in [-0.2, 0) is 0 Å². The smallest absolute Gasteiger partial charge is 0.134 e. The molecule has 0 aliphatic heterocycles. The molecule has 2 rings (SSSR count). The average molecular weight is 258 g/mol. The molecule has 0 N–H and O–H groups in total. The van der Waals surface area contributed by atoms with Gasteiger partial charge in [0.05, 0.1) is 0 Å². The van der Waals surface area contributed by atoms with E-state index in [9.17, 15) is 8.78 Å². The molecule has 106 valence electrons. The molecule has 0 aromatic heterocycles. The number of rotatable bonds is 3. The minimum absolute atomic E-state index is 0.00412. The van der Waals surface area contributed by atoms with Gasteiger partial charge in [-0.3, -0.25) is 0 Å². The van der Waals surface area contributed by atoms with Gasteiger partial charge in [0.1, 0.15) is 12.3 Å². The normalized spacial score (nSPS) is 46.0. The van der Waals surface area contributed by atoms with Crippen LogP contribution in [0.25, 0.3) is 0 Å². The standard InChI is InChI=1S/C16H28F2/c1-11-3-6-13(7-4-11)8-10-14-9-5-12(2)15(17)16(14)18/h11-16H,3-10H2,1-2H3. The van der Waals surface area contributed by atoms with Crippen molar-refractivity contribution in [2.45, 2.75) is 77.6 Å². The maximum absolute atomic E-state index is 13.9. The lowest BCUT2D eigenvalue weighted by Crippen LogP contribution is -2.37. The van der Waals surface area contributed by atoms with E-state index >= 15 is 0 Å². The first-order chi connectivity index (χ1) is 8.58. The summed E-state index contributed by atoms with van der Waals surface area (Å²) in [4.78, 5) is 0.